The molecule has 2 nitrogen and oxygen atoms in total. The highest BCUT2D eigenvalue weighted by molar-refractivity contribution is 5.73. The molecule has 0 fully saturated rings. The van der Waals surface area contributed by atoms with Gasteiger partial charge in [0.25, 0.3) is 0 Å². The van der Waals surface area contributed by atoms with Crippen molar-refractivity contribution >= 4 is 0 Å². The number of hydrogen-bond donors (Lipinski definition) is 2. The molecule has 0 unspecified atom stereocenters. The molecule has 0 saturated heterocycles. The van der Waals surface area contributed by atoms with Crippen molar-refractivity contribution in [2.24, 2.45) is 0 Å². The lowest BCUT2D eigenvalue weighted by Crippen LogP contribution is -1.99. The summed E-state index contributed by atoms with van der Waals surface area (Å²) in [5.74, 6) is 1.16. The highest BCUT2D eigenvalue weighted by Gasteiger charge is 2.19. The van der Waals surface area contributed by atoms with Gasteiger partial charge >= 0.3 is 0 Å². The van der Waals surface area contributed by atoms with E-state index < -0.39 is 0 Å². The lowest BCUT2D eigenvalue weighted by Gasteiger charge is -2.20. The first-order valence-corrected chi connectivity index (χ1v) is 7.82. The third-order valence-corrected chi connectivity index (χ3v) is 4.15. The standard InChI is InChI=1S/C20H25O2/c1-11(2)16-7-8-17(18(12(3)4)20(16)22)15-9-13(5)19(21)14(6)10-15/h7,9-12,21-22H,1-6H3. The number of aromatic hydroxyl groups is 2. The Morgan fingerprint density at radius 2 is 1.41 bits per heavy atom. The van der Waals surface area contributed by atoms with Gasteiger partial charge in [-0.2, -0.15) is 0 Å². The fraction of sp³-hybridized carbons (Fsp3) is 0.400. The molecule has 22 heavy (non-hydrogen) atoms. The molecule has 2 N–H and O–H groups in total. The average molecular weight is 297 g/mol. The Labute approximate surface area is 133 Å². The minimum atomic E-state index is 0.194. The van der Waals surface area contributed by atoms with Crippen molar-refractivity contribution in [3.8, 4) is 22.6 Å². The quantitative estimate of drug-likeness (QED) is 0.793. The van der Waals surface area contributed by atoms with Gasteiger partial charge in [-0.3, -0.25) is 0 Å². The molecule has 0 bridgehead atoms. The van der Waals surface area contributed by atoms with E-state index in [0.29, 0.717) is 11.5 Å². The van der Waals surface area contributed by atoms with Crippen molar-refractivity contribution in [2.75, 3.05) is 0 Å². The highest BCUT2D eigenvalue weighted by atomic mass is 16.3. The molecular weight excluding hydrogens is 272 g/mol. The predicted octanol–water partition coefficient (Wildman–Crippen LogP) is 5.43. The van der Waals surface area contributed by atoms with Crippen molar-refractivity contribution in [2.45, 2.75) is 53.4 Å². The molecule has 0 aliphatic carbocycles. The second-order valence-corrected chi connectivity index (χ2v) is 6.65. The Kier molecular flexibility index (Phi) is 4.50. The number of phenols is 2. The van der Waals surface area contributed by atoms with Crippen LogP contribution in [0.4, 0.5) is 0 Å². The second kappa shape index (κ2) is 6.04. The van der Waals surface area contributed by atoms with E-state index in [1.165, 1.54) is 0 Å². The number of phenolic OH excluding ortho intramolecular Hbond substituents is 2. The van der Waals surface area contributed by atoms with Gasteiger partial charge in [-0.15, -0.1) is 0 Å². The minimum Gasteiger partial charge on any atom is -0.507 e. The smallest absolute Gasteiger partial charge is 0.123 e. The zero-order valence-corrected chi connectivity index (χ0v) is 14.3. The van der Waals surface area contributed by atoms with Crippen LogP contribution >= 0.6 is 0 Å². The second-order valence-electron chi connectivity index (χ2n) is 6.65. The average Bonchev–Trinajstić information content (AvgIpc) is 2.42. The molecule has 0 spiro atoms. The van der Waals surface area contributed by atoms with Crippen molar-refractivity contribution in [3.05, 3.63) is 46.5 Å². The van der Waals surface area contributed by atoms with Crippen LogP contribution in [-0.2, 0) is 0 Å². The summed E-state index contributed by atoms with van der Waals surface area (Å²) in [5.41, 5.74) is 5.44. The largest absolute Gasteiger partial charge is 0.507 e. The molecule has 0 aliphatic rings. The monoisotopic (exact) mass is 297 g/mol. The third-order valence-electron chi connectivity index (χ3n) is 4.15. The fourth-order valence-corrected chi connectivity index (χ4v) is 2.91. The van der Waals surface area contributed by atoms with Gasteiger partial charge in [-0.1, -0.05) is 27.7 Å². The van der Waals surface area contributed by atoms with Crippen molar-refractivity contribution < 1.29 is 10.2 Å². The predicted molar refractivity (Wildman–Crippen MR) is 91.7 cm³/mol. The summed E-state index contributed by atoms with van der Waals surface area (Å²) < 4.78 is 0. The molecular formula is C20H25O2. The van der Waals surface area contributed by atoms with Crippen molar-refractivity contribution in [1.82, 2.24) is 0 Å². The Bertz CT molecular complexity index is 674. The van der Waals surface area contributed by atoms with Gasteiger partial charge in [0.05, 0.1) is 0 Å². The summed E-state index contributed by atoms with van der Waals surface area (Å²) in [5, 5.41) is 20.7. The molecule has 0 aromatic heterocycles. The number of hydrogen-bond acceptors (Lipinski definition) is 2. The molecule has 0 heterocycles. The Morgan fingerprint density at radius 1 is 0.864 bits per heavy atom. The van der Waals surface area contributed by atoms with E-state index >= 15 is 0 Å². The molecule has 2 rings (SSSR count). The first-order valence-electron chi connectivity index (χ1n) is 7.82. The van der Waals surface area contributed by atoms with Gasteiger partial charge in [0.1, 0.15) is 11.5 Å². The molecule has 1 radical (unpaired) electrons. The van der Waals surface area contributed by atoms with Gasteiger partial charge in [0.2, 0.25) is 0 Å². The summed E-state index contributed by atoms with van der Waals surface area (Å²) in [7, 11) is 0. The maximum Gasteiger partial charge on any atom is 0.123 e. The summed E-state index contributed by atoms with van der Waals surface area (Å²) in [4.78, 5) is 0. The summed E-state index contributed by atoms with van der Waals surface area (Å²) >= 11 is 0. The molecule has 117 valence electrons. The molecule has 0 amide bonds. The topological polar surface area (TPSA) is 40.5 Å². The maximum absolute atomic E-state index is 10.7. The molecule has 0 aliphatic heterocycles. The minimum absolute atomic E-state index is 0.194. The number of aryl methyl sites for hydroxylation is 2. The SMILES string of the molecule is Cc1cc(-c2[c]cc(C(C)C)c(O)c2C(C)C)cc(C)c1O. The van der Waals surface area contributed by atoms with Crippen LogP contribution < -0.4 is 0 Å². The molecule has 2 aromatic carbocycles. The third kappa shape index (κ3) is 2.83. The zero-order chi connectivity index (χ0) is 16.6. The van der Waals surface area contributed by atoms with Crippen LogP contribution in [0.5, 0.6) is 11.5 Å². The lowest BCUT2D eigenvalue weighted by molar-refractivity contribution is 0.455. The first kappa shape index (κ1) is 16.4. The molecule has 2 aromatic rings. The first-order chi connectivity index (χ1) is 10.2. The number of rotatable bonds is 3. The van der Waals surface area contributed by atoms with Crippen molar-refractivity contribution in [3.63, 3.8) is 0 Å². The van der Waals surface area contributed by atoms with Gasteiger partial charge < -0.3 is 10.2 Å². The van der Waals surface area contributed by atoms with Gasteiger partial charge in [-0.25, -0.2) is 0 Å². The van der Waals surface area contributed by atoms with Crippen molar-refractivity contribution in [1.29, 1.82) is 0 Å². The van der Waals surface area contributed by atoms with Gasteiger partial charge in [-0.05, 0) is 77.8 Å². The maximum atomic E-state index is 10.7. The highest BCUT2D eigenvalue weighted by Crippen LogP contribution is 2.41. The Morgan fingerprint density at radius 3 is 1.86 bits per heavy atom. The van der Waals surface area contributed by atoms with E-state index in [4.69, 9.17) is 0 Å². The van der Waals surface area contributed by atoms with Gasteiger partial charge in [0.15, 0.2) is 0 Å². The number of benzene rings is 2. The van der Waals surface area contributed by atoms with E-state index in [1.807, 2.05) is 32.0 Å². The van der Waals surface area contributed by atoms with E-state index in [1.54, 1.807) is 0 Å². The summed E-state index contributed by atoms with van der Waals surface area (Å²) in [6.45, 7) is 12.1. The normalized spacial score (nSPS) is 11.5. The fourth-order valence-electron chi connectivity index (χ4n) is 2.91. The van der Waals surface area contributed by atoms with Crippen LogP contribution in [-0.4, -0.2) is 10.2 Å². The zero-order valence-electron chi connectivity index (χ0n) is 14.3. The Hall–Kier alpha value is -1.96. The molecule has 0 saturated carbocycles. The van der Waals surface area contributed by atoms with Crippen LogP contribution in [0.1, 0.15) is 61.8 Å². The van der Waals surface area contributed by atoms with Crippen LogP contribution in [0, 0.1) is 19.9 Å². The Balaban J connectivity index is 2.73. The van der Waals surface area contributed by atoms with Crippen LogP contribution in [0.25, 0.3) is 11.1 Å². The lowest BCUT2D eigenvalue weighted by atomic mass is 9.86. The van der Waals surface area contributed by atoms with E-state index in [0.717, 1.165) is 33.4 Å². The van der Waals surface area contributed by atoms with Crippen LogP contribution in [0.3, 0.4) is 0 Å². The molecule has 0 atom stereocenters. The van der Waals surface area contributed by atoms with Crippen LogP contribution in [0.2, 0.25) is 0 Å². The van der Waals surface area contributed by atoms with Gasteiger partial charge in [0, 0.05) is 5.56 Å². The van der Waals surface area contributed by atoms with E-state index in [-0.39, 0.29) is 11.8 Å². The molecule has 2 heteroatoms. The van der Waals surface area contributed by atoms with E-state index in [2.05, 4.69) is 33.8 Å². The van der Waals surface area contributed by atoms with E-state index in [9.17, 15) is 10.2 Å². The summed E-state index contributed by atoms with van der Waals surface area (Å²) in [6, 6.07) is 9.15. The summed E-state index contributed by atoms with van der Waals surface area (Å²) in [6.07, 6.45) is 0. The van der Waals surface area contributed by atoms with Crippen LogP contribution in [0.15, 0.2) is 18.2 Å².